The fourth-order valence-electron chi connectivity index (χ4n) is 2.82. The Balaban J connectivity index is 2.32. The number of phenolic OH excluding ortho intramolecular Hbond substituents is 1. The molecule has 0 saturated carbocycles. The van der Waals surface area contributed by atoms with Crippen molar-refractivity contribution >= 4 is 25.3 Å². The van der Waals surface area contributed by atoms with E-state index in [1.54, 1.807) is 32.9 Å². The Labute approximate surface area is 184 Å². The lowest BCUT2D eigenvalue weighted by Gasteiger charge is -2.32. The highest BCUT2D eigenvalue weighted by Crippen LogP contribution is 2.39. The van der Waals surface area contributed by atoms with Crippen LogP contribution in [0.4, 0.5) is 4.79 Å². The summed E-state index contributed by atoms with van der Waals surface area (Å²) in [5, 5.41) is 12.9. The van der Waals surface area contributed by atoms with Crippen molar-refractivity contribution in [2.24, 2.45) is 0 Å². The van der Waals surface area contributed by atoms with Crippen molar-refractivity contribution < 1.29 is 33.5 Å². The number of carbonyl (C=O) groups excluding carboxylic acids is 2. The summed E-state index contributed by atoms with van der Waals surface area (Å²) in [7, 11) is 0.524. The standard InChI is InChI=1S/C22H32BNO7/c1-20(2,3)29-19(27)24-13-15(23-30-21(4,5)22(6,7)31-23)11-14-9-10-16(17(25)12-14)18(26)28-8/h9-12,25H,13H2,1-8H3,(H,24,27). The van der Waals surface area contributed by atoms with E-state index < -0.39 is 36.0 Å². The molecule has 1 aliphatic heterocycles. The number of amides is 1. The van der Waals surface area contributed by atoms with Crippen LogP contribution in [0.2, 0.25) is 0 Å². The maximum atomic E-state index is 12.2. The molecule has 1 aromatic rings. The van der Waals surface area contributed by atoms with Gasteiger partial charge in [0.2, 0.25) is 0 Å². The van der Waals surface area contributed by atoms with Crippen LogP contribution in [0.5, 0.6) is 5.75 Å². The van der Waals surface area contributed by atoms with Crippen LogP contribution in [0.3, 0.4) is 0 Å². The van der Waals surface area contributed by atoms with Gasteiger partial charge in [0.05, 0.1) is 18.3 Å². The SMILES string of the molecule is COC(=O)c1ccc(C=C(CNC(=O)OC(C)(C)C)B2OC(C)(C)C(C)(C)O2)cc1O. The topological polar surface area (TPSA) is 103 Å². The highest BCUT2D eigenvalue weighted by atomic mass is 16.7. The number of aromatic hydroxyl groups is 1. The normalized spacial score (nSPS) is 17.9. The van der Waals surface area contributed by atoms with Crippen LogP contribution in [-0.4, -0.2) is 54.7 Å². The van der Waals surface area contributed by atoms with E-state index in [1.165, 1.54) is 19.2 Å². The highest BCUT2D eigenvalue weighted by molar-refractivity contribution is 6.56. The molecule has 1 saturated heterocycles. The maximum absolute atomic E-state index is 12.2. The second-order valence-electron chi connectivity index (χ2n) is 9.43. The van der Waals surface area contributed by atoms with Gasteiger partial charge in [0.15, 0.2) is 0 Å². The van der Waals surface area contributed by atoms with Crippen LogP contribution in [0.15, 0.2) is 23.7 Å². The summed E-state index contributed by atoms with van der Waals surface area (Å²) in [6, 6.07) is 4.56. The average Bonchev–Trinajstić information content (AvgIpc) is 2.84. The molecule has 9 heteroatoms. The third-order valence-corrected chi connectivity index (χ3v) is 5.17. The lowest BCUT2D eigenvalue weighted by atomic mass is 9.77. The number of esters is 1. The minimum Gasteiger partial charge on any atom is -0.507 e. The van der Waals surface area contributed by atoms with Gasteiger partial charge in [-0.05, 0) is 71.6 Å². The molecule has 2 rings (SSSR count). The van der Waals surface area contributed by atoms with Crippen molar-refractivity contribution in [1.82, 2.24) is 5.32 Å². The number of nitrogens with one attached hydrogen (secondary N) is 1. The summed E-state index contributed by atoms with van der Waals surface area (Å²) < 4.78 is 22.2. The minimum absolute atomic E-state index is 0.0590. The average molecular weight is 433 g/mol. The number of methoxy groups -OCH3 is 1. The fourth-order valence-corrected chi connectivity index (χ4v) is 2.82. The second-order valence-corrected chi connectivity index (χ2v) is 9.43. The van der Waals surface area contributed by atoms with Gasteiger partial charge in [0.1, 0.15) is 16.9 Å². The Bertz CT molecular complexity index is 855. The molecule has 0 bridgehead atoms. The Morgan fingerprint density at radius 2 is 1.74 bits per heavy atom. The molecule has 31 heavy (non-hydrogen) atoms. The van der Waals surface area contributed by atoms with Crippen molar-refractivity contribution in [3.63, 3.8) is 0 Å². The number of carbonyl (C=O) groups is 2. The van der Waals surface area contributed by atoms with Gasteiger partial charge in [0, 0.05) is 6.54 Å². The Kier molecular flexibility index (Phi) is 7.12. The first-order valence-electron chi connectivity index (χ1n) is 10.1. The van der Waals surface area contributed by atoms with E-state index in [4.69, 9.17) is 14.0 Å². The zero-order valence-corrected chi connectivity index (χ0v) is 19.5. The van der Waals surface area contributed by atoms with E-state index in [0.717, 1.165) is 0 Å². The first kappa shape index (κ1) is 24.8. The molecule has 1 heterocycles. The van der Waals surface area contributed by atoms with Crippen molar-refractivity contribution in [3.05, 3.63) is 34.8 Å². The van der Waals surface area contributed by atoms with E-state index in [1.807, 2.05) is 27.7 Å². The molecule has 0 aliphatic carbocycles. The Morgan fingerprint density at radius 3 is 2.23 bits per heavy atom. The van der Waals surface area contributed by atoms with Crippen molar-refractivity contribution in [3.8, 4) is 5.75 Å². The summed E-state index contributed by atoms with van der Waals surface area (Å²) >= 11 is 0. The predicted molar refractivity (Wildman–Crippen MR) is 118 cm³/mol. The van der Waals surface area contributed by atoms with Crippen LogP contribution in [-0.2, 0) is 18.8 Å². The number of phenols is 1. The summed E-state index contributed by atoms with van der Waals surface area (Å²) in [4.78, 5) is 23.9. The van der Waals surface area contributed by atoms with Gasteiger partial charge in [-0.3, -0.25) is 0 Å². The minimum atomic E-state index is -0.720. The second kappa shape index (κ2) is 8.92. The van der Waals surface area contributed by atoms with Gasteiger partial charge in [-0.25, -0.2) is 9.59 Å². The number of alkyl carbamates (subject to hydrolysis) is 1. The predicted octanol–water partition coefficient (Wildman–Crippen LogP) is 3.72. The van der Waals surface area contributed by atoms with E-state index in [-0.39, 0.29) is 17.9 Å². The first-order chi connectivity index (χ1) is 14.1. The molecule has 1 aliphatic rings. The molecule has 0 atom stereocenters. The van der Waals surface area contributed by atoms with E-state index in [2.05, 4.69) is 10.1 Å². The molecule has 1 aromatic carbocycles. The van der Waals surface area contributed by atoms with Crippen LogP contribution < -0.4 is 5.32 Å². The van der Waals surface area contributed by atoms with E-state index in [0.29, 0.717) is 11.0 Å². The number of hydrogen-bond acceptors (Lipinski definition) is 7. The van der Waals surface area contributed by atoms with Crippen LogP contribution in [0, 0.1) is 0 Å². The lowest BCUT2D eigenvalue weighted by Crippen LogP contribution is -2.41. The Morgan fingerprint density at radius 1 is 1.16 bits per heavy atom. The smallest absolute Gasteiger partial charge is 0.492 e. The molecule has 0 aromatic heterocycles. The lowest BCUT2D eigenvalue weighted by molar-refractivity contribution is 0.00578. The third-order valence-electron chi connectivity index (χ3n) is 5.17. The van der Waals surface area contributed by atoms with Crippen molar-refractivity contribution in [2.75, 3.05) is 13.7 Å². The molecule has 170 valence electrons. The van der Waals surface area contributed by atoms with Crippen molar-refractivity contribution in [2.45, 2.75) is 65.3 Å². The molecule has 8 nitrogen and oxygen atoms in total. The quantitative estimate of drug-likeness (QED) is 0.539. The molecule has 0 radical (unpaired) electrons. The van der Waals surface area contributed by atoms with Gasteiger partial charge in [-0.15, -0.1) is 0 Å². The van der Waals surface area contributed by atoms with Crippen LogP contribution >= 0.6 is 0 Å². The number of hydrogen-bond donors (Lipinski definition) is 2. The van der Waals surface area contributed by atoms with Gasteiger partial charge in [0.25, 0.3) is 0 Å². The molecule has 0 unspecified atom stereocenters. The van der Waals surface area contributed by atoms with E-state index >= 15 is 0 Å². The third kappa shape index (κ3) is 6.24. The molecule has 2 N–H and O–H groups in total. The molecule has 0 spiro atoms. The monoisotopic (exact) mass is 433 g/mol. The fraction of sp³-hybridized carbons (Fsp3) is 0.545. The maximum Gasteiger partial charge on any atom is 0.492 e. The van der Waals surface area contributed by atoms with Gasteiger partial charge in [-0.1, -0.05) is 12.1 Å². The number of benzene rings is 1. The van der Waals surface area contributed by atoms with Crippen molar-refractivity contribution in [1.29, 1.82) is 0 Å². The van der Waals surface area contributed by atoms with Gasteiger partial charge < -0.3 is 29.2 Å². The summed E-state index contributed by atoms with van der Waals surface area (Å²) in [5.74, 6) is -0.847. The molecule has 1 fully saturated rings. The van der Waals surface area contributed by atoms with E-state index in [9.17, 15) is 14.7 Å². The Hall–Kier alpha value is -2.52. The van der Waals surface area contributed by atoms with Gasteiger partial charge in [-0.2, -0.15) is 0 Å². The van der Waals surface area contributed by atoms with Gasteiger partial charge >= 0.3 is 19.2 Å². The van der Waals surface area contributed by atoms with Crippen LogP contribution in [0.1, 0.15) is 64.4 Å². The largest absolute Gasteiger partial charge is 0.507 e. The summed E-state index contributed by atoms with van der Waals surface area (Å²) in [6.45, 7) is 13.2. The number of ether oxygens (including phenoxy) is 2. The highest BCUT2D eigenvalue weighted by Gasteiger charge is 2.52. The van der Waals surface area contributed by atoms with Crippen LogP contribution in [0.25, 0.3) is 6.08 Å². The summed E-state index contributed by atoms with van der Waals surface area (Å²) in [6.07, 6.45) is 1.17. The molecular weight excluding hydrogens is 401 g/mol. The zero-order valence-electron chi connectivity index (χ0n) is 19.5. The summed E-state index contributed by atoms with van der Waals surface area (Å²) in [5.41, 5.74) is -0.494. The zero-order chi connectivity index (χ0) is 23.6. The first-order valence-corrected chi connectivity index (χ1v) is 10.1. The number of rotatable bonds is 5. The molecular formula is C22H32BNO7. The molecule has 1 amide bonds.